The van der Waals surface area contributed by atoms with E-state index >= 15 is 0 Å². The summed E-state index contributed by atoms with van der Waals surface area (Å²) in [6, 6.07) is 14.8. The SMILES string of the molecule is CCOc1ccccc1NC(=O)c1ccc(Nc2ccc(F)c(Cl)c2)cn1. The van der Waals surface area contributed by atoms with Gasteiger partial charge in [-0.3, -0.25) is 4.79 Å². The molecule has 0 aliphatic heterocycles. The fourth-order valence-electron chi connectivity index (χ4n) is 2.38. The van der Waals surface area contributed by atoms with Crippen LogP contribution in [-0.2, 0) is 0 Å². The number of benzene rings is 2. The quantitative estimate of drug-likeness (QED) is 0.606. The van der Waals surface area contributed by atoms with Crippen LogP contribution in [0.2, 0.25) is 5.02 Å². The molecule has 138 valence electrons. The van der Waals surface area contributed by atoms with Crippen LogP contribution in [0.5, 0.6) is 5.75 Å². The number of carbonyl (C=O) groups is 1. The van der Waals surface area contributed by atoms with E-state index in [1.807, 2.05) is 19.1 Å². The molecule has 0 spiro atoms. The molecule has 1 aromatic heterocycles. The number of aromatic nitrogens is 1. The topological polar surface area (TPSA) is 63.2 Å². The highest BCUT2D eigenvalue weighted by Crippen LogP contribution is 2.25. The third kappa shape index (κ3) is 4.74. The van der Waals surface area contributed by atoms with E-state index in [9.17, 15) is 9.18 Å². The number of ether oxygens (including phenoxy) is 1. The van der Waals surface area contributed by atoms with Crippen molar-refractivity contribution in [2.75, 3.05) is 17.2 Å². The number of carbonyl (C=O) groups excluding carboxylic acids is 1. The van der Waals surface area contributed by atoms with Crippen LogP contribution in [0.25, 0.3) is 0 Å². The fraction of sp³-hybridized carbons (Fsp3) is 0.100. The van der Waals surface area contributed by atoms with E-state index in [2.05, 4.69) is 15.6 Å². The minimum atomic E-state index is -0.486. The summed E-state index contributed by atoms with van der Waals surface area (Å²) in [5.41, 5.74) is 2.09. The molecular formula is C20H17ClFN3O2. The number of hydrogen-bond donors (Lipinski definition) is 2. The predicted octanol–water partition coefficient (Wildman–Crippen LogP) is 5.27. The summed E-state index contributed by atoms with van der Waals surface area (Å²) >= 11 is 5.77. The van der Waals surface area contributed by atoms with Gasteiger partial charge in [0, 0.05) is 5.69 Å². The normalized spacial score (nSPS) is 10.3. The molecular weight excluding hydrogens is 369 g/mol. The van der Waals surface area contributed by atoms with Gasteiger partial charge in [-0.15, -0.1) is 0 Å². The zero-order chi connectivity index (χ0) is 19.2. The van der Waals surface area contributed by atoms with E-state index in [0.717, 1.165) is 0 Å². The molecule has 0 saturated carbocycles. The van der Waals surface area contributed by atoms with E-state index in [1.165, 1.54) is 18.3 Å². The fourth-order valence-corrected chi connectivity index (χ4v) is 2.56. The van der Waals surface area contributed by atoms with Gasteiger partial charge in [-0.25, -0.2) is 9.37 Å². The second kappa shape index (κ2) is 8.51. The Morgan fingerprint density at radius 3 is 2.63 bits per heavy atom. The van der Waals surface area contributed by atoms with Crippen LogP contribution in [0.4, 0.5) is 21.5 Å². The van der Waals surface area contributed by atoms with Crippen molar-refractivity contribution in [1.29, 1.82) is 0 Å². The molecule has 0 unspecified atom stereocenters. The van der Waals surface area contributed by atoms with Gasteiger partial charge < -0.3 is 15.4 Å². The van der Waals surface area contributed by atoms with Crippen molar-refractivity contribution in [3.8, 4) is 5.75 Å². The van der Waals surface area contributed by atoms with Gasteiger partial charge in [-0.1, -0.05) is 23.7 Å². The molecule has 1 heterocycles. The summed E-state index contributed by atoms with van der Waals surface area (Å²) < 4.78 is 18.7. The van der Waals surface area contributed by atoms with Crippen molar-refractivity contribution in [1.82, 2.24) is 4.98 Å². The van der Waals surface area contributed by atoms with Gasteiger partial charge in [-0.2, -0.15) is 0 Å². The Bertz CT molecular complexity index is 948. The summed E-state index contributed by atoms with van der Waals surface area (Å²) in [7, 11) is 0. The number of amides is 1. The Morgan fingerprint density at radius 2 is 1.93 bits per heavy atom. The first-order valence-electron chi connectivity index (χ1n) is 8.28. The van der Waals surface area contributed by atoms with Crippen molar-refractivity contribution < 1.29 is 13.9 Å². The number of halogens is 2. The average Bonchev–Trinajstić information content (AvgIpc) is 2.67. The van der Waals surface area contributed by atoms with E-state index < -0.39 is 5.82 Å². The second-order valence-corrected chi connectivity index (χ2v) is 5.98. The van der Waals surface area contributed by atoms with Crippen LogP contribution in [0.15, 0.2) is 60.8 Å². The molecule has 0 bridgehead atoms. The van der Waals surface area contributed by atoms with Crippen molar-refractivity contribution in [3.63, 3.8) is 0 Å². The van der Waals surface area contributed by atoms with Gasteiger partial charge in [-0.05, 0) is 49.4 Å². The minimum absolute atomic E-state index is 0.0249. The molecule has 7 heteroatoms. The molecule has 27 heavy (non-hydrogen) atoms. The maximum atomic E-state index is 13.2. The molecule has 2 aromatic carbocycles. The number of nitrogens with one attached hydrogen (secondary N) is 2. The number of hydrogen-bond acceptors (Lipinski definition) is 4. The summed E-state index contributed by atoms with van der Waals surface area (Å²) in [5.74, 6) is -0.238. The third-order valence-corrected chi connectivity index (χ3v) is 3.93. The molecule has 0 aliphatic rings. The molecule has 1 amide bonds. The van der Waals surface area contributed by atoms with E-state index in [4.69, 9.17) is 16.3 Å². The Labute approximate surface area is 161 Å². The largest absolute Gasteiger partial charge is 0.492 e. The second-order valence-electron chi connectivity index (χ2n) is 5.57. The van der Waals surface area contributed by atoms with Crippen LogP contribution >= 0.6 is 11.6 Å². The summed E-state index contributed by atoms with van der Waals surface area (Å²) in [6.07, 6.45) is 1.51. The molecule has 3 aromatic rings. The summed E-state index contributed by atoms with van der Waals surface area (Å²) in [5, 5.41) is 5.86. The molecule has 0 aliphatic carbocycles. The molecule has 0 saturated heterocycles. The number of rotatable bonds is 6. The highest BCUT2D eigenvalue weighted by Gasteiger charge is 2.11. The number of pyridine rings is 1. The Kier molecular flexibility index (Phi) is 5.88. The Morgan fingerprint density at radius 1 is 1.15 bits per heavy atom. The predicted molar refractivity (Wildman–Crippen MR) is 104 cm³/mol. The standard InChI is InChI=1S/C20H17ClFN3O2/c1-2-27-19-6-4-3-5-17(19)25-20(26)18-10-8-14(12-23-18)24-13-7-9-16(22)15(21)11-13/h3-12,24H,2H2,1H3,(H,25,26). The number of para-hydroxylation sites is 2. The third-order valence-electron chi connectivity index (χ3n) is 3.64. The molecule has 0 fully saturated rings. The monoisotopic (exact) mass is 385 g/mol. The van der Waals surface area contributed by atoms with Crippen molar-refractivity contribution in [2.24, 2.45) is 0 Å². The van der Waals surface area contributed by atoms with Crippen LogP contribution in [-0.4, -0.2) is 17.5 Å². The van der Waals surface area contributed by atoms with Gasteiger partial charge in [0.05, 0.1) is 29.2 Å². The van der Waals surface area contributed by atoms with Crippen molar-refractivity contribution >= 4 is 34.6 Å². The van der Waals surface area contributed by atoms with Crippen LogP contribution in [0.1, 0.15) is 17.4 Å². The lowest BCUT2D eigenvalue weighted by molar-refractivity contribution is 0.102. The first-order chi connectivity index (χ1) is 13.1. The van der Waals surface area contributed by atoms with Gasteiger partial charge in [0.15, 0.2) is 0 Å². The Balaban J connectivity index is 1.69. The van der Waals surface area contributed by atoms with Crippen molar-refractivity contribution in [2.45, 2.75) is 6.92 Å². The van der Waals surface area contributed by atoms with E-state index in [1.54, 1.807) is 30.3 Å². The first-order valence-corrected chi connectivity index (χ1v) is 8.66. The zero-order valence-electron chi connectivity index (χ0n) is 14.5. The first kappa shape index (κ1) is 18.7. The minimum Gasteiger partial charge on any atom is -0.492 e. The number of anilines is 3. The lowest BCUT2D eigenvalue weighted by Crippen LogP contribution is -2.14. The van der Waals surface area contributed by atoms with Gasteiger partial charge in [0.25, 0.3) is 5.91 Å². The maximum absolute atomic E-state index is 13.2. The zero-order valence-corrected chi connectivity index (χ0v) is 15.3. The molecule has 2 N–H and O–H groups in total. The number of nitrogens with zero attached hydrogens (tertiary/aromatic N) is 1. The lowest BCUT2D eigenvalue weighted by atomic mass is 10.2. The van der Waals surface area contributed by atoms with E-state index in [0.29, 0.717) is 29.4 Å². The van der Waals surface area contributed by atoms with E-state index in [-0.39, 0.29) is 16.6 Å². The molecule has 5 nitrogen and oxygen atoms in total. The summed E-state index contributed by atoms with van der Waals surface area (Å²) in [4.78, 5) is 16.6. The molecule has 0 atom stereocenters. The van der Waals surface area contributed by atoms with Crippen LogP contribution in [0.3, 0.4) is 0 Å². The van der Waals surface area contributed by atoms with Gasteiger partial charge in [0.2, 0.25) is 0 Å². The maximum Gasteiger partial charge on any atom is 0.274 e. The van der Waals surface area contributed by atoms with Crippen molar-refractivity contribution in [3.05, 3.63) is 77.3 Å². The van der Waals surface area contributed by atoms with Gasteiger partial charge >= 0.3 is 0 Å². The van der Waals surface area contributed by atoms with Crippen LogP contribution in [0, 0.1) is 5.82 Å². The molecule has 3 rings (SSSR count). The summed E-state index contributed by atoms with van der Waals surface area (Å²) in [6.45, 7) is 2.37. The smallest absolute Gasteiger partial charge is 0.274 e. The van der Waals surface area contributed by atoms with Crippen LogP contribution < -0.4 is 15.4 Å². The molecule has 0 radical (unpaired) electrons. The highest BCUT2D eigenvalue weighted by molar-refractivity contribution is 6.31. The van der Waals surface area contributed by atoms with Gasteiger partial charge in [0.1, 0.15) is 17.3 Å². The Hall–Kier alpha value is -3.12. The lowest BCUT2D eigenvalue weighted by Gasteiger charge is -2.11. The average molecular weight is 386 g/mol. The highest BCUT2D eigenvalue weighted by atomic mass is 35.5.